The number of unbranched alkanes of at least 4 members (excludes halogenated alkanes) is 1. The van der Waals surface area contributed by atoms with Gasteiger partial charge in [0.1, 0.15) is 0 Å². The van der Waals surface area contributed by atoms with Crippen LogP contribution >= 0.6 is 0 Å². The van der Waals surface area contributed by atoms with E-state index in [1.165, 1.54) is 5.57 Å². The fourth-order valence-corrected chi connectivity index (χ4v) is 4.86. The summed E-state index contributed by atoms with van der Waals surface area (Å²) in [6, 6.07) is 0. The van der Waals surface area contributed by atoms with Crippen LogP contribution in [0.3, 0.4) is 0 Å². The van der Waals surface area contributed by atoms with Gasteiger partial charge in [0.25, 0.3) is 0 Å². The second-order valence-corrected chi connectivity index (χ2v) is 8.44. The third-order valence-corrected chi connectivity index (χ3v) is 6.12. The summed E-state index contributed by atoms with van der Waals surface area (Å²) in [5.74, 6) is 0.925. The van der Waals surface area contributed by atoms with Gasteiger partial charge in [0.05, 0.1) is 12.2 Å². The minimum Gasteiger partial charge on any atom is -0.481 e. The molecule has 0 saturated heterocycles. The molecule has 0 spiro atoms. The molecule has 2 fully saturated rings. The van der Waals surface area contributed by atoms with Gasteiger partial charge in [-0.1, -0.05) is 50.5 Å². The van der Waals surface area contributed by atoms with Crippen LogP contribution in [0.2, 0.25) is 0 Å². The molecular weight excluding hydrogens is 328 g/mol. The molecule has 0 aromatic heterocycles. The van der Waals surface area contributed by atoms with Gasteiger partial charge < -0.3 is 15.3 Å². The number of aliphatic carboxylic acids is 1. The van der Waals surface area contributed by atoms with Gasteiger partial charge in [0.15, 0.2) is 0 Å². The maximum absolute atomic E-state index is 10.6. The van der Waals surface area contributed by atoms with Gasteiger partial charge in [-0.3, -0.25) is 4.79 Å². The molecule has 2 saturated carbocycles. The quantitative estimate of drug-likeness (QED) is 0.398. The van der Waals surface area contributed by atoms with Crippen molar-refractivity contribution < 1.29 is 20.1 Å². The van der Waals surface area contributed by atoms with Crippen molar-refractivity contribution in [2.75, 3.05) is 0 Å². The number of rotatable bonds is 10. The van der Waals surface area contributed by atoms with Gasteiger partial charge in [-0.15, -0.1) is 0 Å². The number of aliphatic hydroxyl groups is 2. The number of aliphatic hydroxyl groups excluding tert-OH is 2. The van der Waals surface area contributed by atoms with Crippen molar-refractivity contribution in [2.24, 2.45) is 23.7 Å². The summed E-state index contributed by atoms with van der Waals surface area (Å²) in [7, 11) is 0. The Kier molecular flexibility index (Phi) is 8.36. The maximum Gasteiger partial charge on any atom is 0.303 e. The molecule has 2 rings (SSSR count). The number of carboxylic acids is 1. The molecule has 2 aliphatic carbocycles. The summed E-state index contributed by atoms with van der Waals surface area (Å²) in [6.07, 6.45) is 13.2. The molecular formula is C22H36O4. The molecule has 0 aromatic carbocycles. The molecule has 4 heteroatoms. The first kappa shape index (κ1) is 21.2. The first-order valence-corrected chi connectivity index (χ1v) is 10.3. The summed E-state index contributed by atoms with van der Waals surface area (Å²) in [5.41, 5.74) is 1.42. The van der Waals surface area contributed by atoms with Gasteiger partial charge in [0, 0.05) is 12.3 Å². The largest absolute Gasteiger partial charge is 0.481 e. The number of allylic oxidation sites excluding steroid dienone is 2. The third kappa shape index (κ3) is 6.24. The third-order valence-electron chi connectivity index (χ3n) is 6.12. The number of fused-ring (bicyclic) bond motifs is 1. The average Bonchev–Trinajstić information content (AvgIpc) is 3.06. The monoisotopic (exact) mass is 364 g/mol. The molecule has 0 bridgehead atoms. The van der Waals surface area contributed by atoms with Crippen LogP contribution in [0.25, 0.3) is 0 Å². The molecule has 6 atom stereocenters. The molecule has 148 valence electrons. The lowest BCUT2D eigenvalue weighted by molar-refractivity contribution is -0.137. The van der Waals surface area contributed by atoms with Crippen LogP contribution in [0, 0.1) is 23.7 Å². The normalized spacial score (nSPS) is 32.2. The highest BCUT2D eigenvalue weighted by Crippen LogP contribution is 2.50. The zero-order valence-corrected chi connectivity index (χ0v) is 16.3. The molecule has 0 radical (unpaired) electrons. The fraction of sp³-hybridized carbons (Fsp3) is 0.773. The molecule has 2 aliphatic rings. The molecule has 1 unspecified atom stereocenters. The summed E-state index contributed by atoms with van der Waals surface area (Å²) in [5, 5.41) is 29.4. The van der Waals surface area contributed by atoms with Gasteiger partial charge in [-0.25, -0.2) is 0 Å². The van der Waals surface area contributed by atoms with Crippen LogP contribution in [0.1, 0.15) is 71.6 Å². The molecule has 0 aromatic rings. The Morgan fingerprint density at radius 1 is 1.35 bits per heavy atom. The topological polar surface area (TPSA) is 77.8 Å². The van der Waals surface area contributed by atoms with Crippen LogP contribution in [0.5, 0.6) is 0 Å². The summed E-state index contributed by atoms with van der Waals surface area (Å²) < 4.78 is 0. The molecule has 0 heterocycles. The predicted octanol–water partition coefficient (Wildman–Crippen LogP) is 4.32. The van der Waals surface area contributed by atoms with E-state index >= 15 is 0 Å². The molecule has 4 nitrogen and oxygen atoms in total. The van der Waals surface area contributed by atoms with Crippen molar-refractivity contribution in [1.82, 2.24) is 0 Å². The maximum atomic E-state index is 10.6. The average molecular weight is 365 g/mol. The number of carbonyl (C=O) groups is 1. The highest BCUT2D eigenvalue weighted by molar-refractivity contribution is 5.66. The van der Waals surface area contributed by atoms with E-state index in [4.69, 9.17) is 5.11 Å². The Labute approximate surface area is 158 Å². The van der Waals surface area contributed by atoms with Crippen molar-refractivity contribution in [3.05, 3.63) is 23.8 Å². The Morgan fingerprint density at radius 2 is 2.12 bits per heavy atom. The highest BCUT2D eigenvalue weighted by atomic mass is 16.4. The Bertz CT molecular complexity index is 510. The Balaban J connectivity index is 1.85. The number of hydrogen-bond donors (Lipinski definition) is 3. The standard InChI is InChI=1S/C22H36O4/c1-3-6-15(2)11-18(23)9-10-19-20-13-16(7-4-5-8-22(25)26)12-17(20)14-21(19)24/h7,9-10,15,17-21,23-24H,3-6,8,11-14H2,1-2H3,(H,25,26)/t15?,17-,18+,19-,20+,21-/m1/s1. The lowest BCUT2D eigenvalue weighted by Gasteiger charge is -2.18. The van der Waals surface area contributed by atoms with Crippen molar-refractivity contribution in [3.8, 4) is 0 Å². The van der Waals surface area contributed by atoms with E-state index in [0.717, 1.165) is 44.9 Å². The molecule has 0 aliphatic heterocycles. The summed E-state index contributed by atoms with van der Waals surface area (Å²) in [6.45, 7) is 4.35. The Morgan fingerprint density at radius 3 is 2.81 bits per heavy atom. The Hall–Kier alpha value is -1.13. The zero-order valence-electron chi connectivity index (χ0n) is 16.3. The molecule has 3 N–H and O–H groups in total. The number of carboxylic acid groups (broad SMARTS) is 1. The summed E-state index contributed by atoms with van der Waals surface area (Å²) >= 11 is 0. The SMILES string of the molecule is CCCC(C)C[C@@H](O)C=C[C@@H]1[C@H]2CC(=CCCCC(=O)O)C[C@@H]2C[C@H]1O. The lowest BCUT2D eigenvalue weighted by Crippen LogP contribution is -2.18. The fourth-order valence-electron chi connectivity index (χ4n) is 4.86. The van der Waals surface area contributed by atoms with Crippen molar-refractivity contribution in [2.45, 2.75) is 83.8 Å². The van der Waals surface area contributed by atoms with E-state index in [0.29, 0.717) is 24.2 Å². The van der Waals surface area contributed by atoms with Crippen molar-refractivity contribution in [1.29, 1.82) is 0 Å². The van der Waals surface area contributed by atoms with E-state index in [9.17, 15) is 15.0 Å². The summed E-state index contributed by atoms with van der Waals surface area (Å²) in [4.78, 5) is 10.6. The second kappa shape index (κ2) is 10.3. The van der Waals surface area contributed by atoms with Crippen LogP contribution in [-0.2, 0) is 4.79 Å². The number of hydrogen-bond acceptors (Lipinski definition) is 3. The minimum absolute atomic E-state index is 0.140. The lowest BCUT2D eigenvalue weighted by atomic mass is 9.89. The van der Waals surface area contributed by atoms with Crippen molar-refractivity contribution >= 4 is 5.97 Å². The van der Waals surface area contributed by atoms with Gasteiger partial charge in [0.2, 0.25) is 0 Å². The van der Waals surface area contributed by atoms with Gasteiger partial charge in [-0.2, -0.15) is 0 Å². The van der Waals surface area contributed by atoms with E-state index in [1.54, 1.807) is 0 Å². The predicted molar refractivity (Wildman–Crippen MR) is 104 cm³/mol. The van der Waals surface area contributed by atoms with Crippen LogP contribution in [0.4, 0.5) is 0 Å². The van der Waals surface area contributed by atoms with Crippen LogP contribution in [0.15, 0.2) is 23.8 Å². The van der Waals surface area contributed by atoms with E-state index < -0.39 is 12.1 Å². The van der Waals surface area contributed by atoms with Crippen LogP contribution in [-0.4, -0.2) is 33.5 Å². The zero-order chi connectivity index (χ0) is 19.1. The second-order valence-electron chi connectivity index (χ2n) is 8.44. The minimum atomic E-state index is -0.730. The molecule has 0 amide bonds. The van der Waals surface area contributed by atoms with E-state index in [-0.39, 0.29) is 18.4 Å². The first-order valence-electron chi connectivity index (χ1n) is 10.3. The van der Waals surface area contributed by atoms with E-state index in [2.05, 4.69) is 26.0 Å². The van der Waals surface area contributed by atoms with Gasteiger partial charge >= 0.3 is 5.97 Å². The molecule has 26 heavy (non-hydrogen) atoms. The van der Waals surface area contributed by atoms with E-state index in [1.807, 2.05) is 6.08 Å². The first-order chi connectivity index (χ1) is 12.4. The van der Waals surface area contributed by atoms with Gasteiger partial charge in [-0.05, 0) is 56.3 Å². The van der Waals surface area contributed by atoms with Crippen LogP contribution < -0.4 is 0 Å². The smallest absolute Gasteiger partial charge is 0.303 e. The van der Waals surface area contributed by atoms with Crippen molar-refractivity contribution in [3.63, 3.8) is 0 Å². The highest BCUT2D eigenvalue weighted by Gasteiger charge is 2.44.